The van der Waals surface area contributed by atoms with E-state index in [1.54, 1.807) is 0 Å². The Labute approximate surface area is 158 Å². The number of nitrogens with one attached hydrogen (secondary N) is 2. The number of aryl methyl sites for hydroxylation is 1. The number of hydrogen-bond acceptors (Lipinski definition) is 5. The fraction of sp³-hybridized carbons (Fsp3) is 0.111. The lowest BCUT2D eigenvalue weighted by atomic mass is 10.1. The van der Waals surface area contributed by atoms with Gasteiger partial charge >= 0.3 is 0 Å². The molecule has 7 heteroatoms. The van der Waals surface area contributed by atoms with Crippen LogP contribution in [0.5, 0.6) is 0 Å². The number of alkyl halides is 1. The second-order valence-electron chi connectivity index (χ2n) is 5.57. The Morgan fingerprint density at radius 2 is 1.80 bits per heavy atom. The van der Waals surface area contributed by atoms with Crippen molar-refractivity contribution >= 4 is 45.3 Å². The molecule has 0 atom stereocenters. The minimum atomic E-state index is 0.495. The monoisotopic (exact) mass is 442 g/mol. The molecular weight excluding hydrogens is 427 g/mol. The number of fused-ring (bicyclic) bond motifs is 1. The Kier molecular flexibility index (Phi) is 4.31. The molecule has 4 aromatic rings. The fourth-order valence-corrected chi connectivity index (χ4v) is 3.32. The third-order valence-electron chi connectivity index (χ3n) is 3.83. The lowest BCUT2D eigenvalue weighted by molar-refractivity contribution is 1.04. The van der Waals surface area contributed by atoms with Gasteiger partial charge in [-0.15, -0.1) is 5.10 Å². The van der Waals surface area contributed by atoms with Gasteiger partial charge in [-0.05, 0) is 24.6 Å². The van der Waals surface area contributed by atoms with Gasteiger partial charge < -0.3 is 5.32 Å². The molecule has 2 N–H and O–H groups in total. The van der Waals surface area contributed by atoms with Crippen molar-refractivity contribution in [1.82, 2.24) is 25.1 Å². The number of para-hydroxylation sites is 1. The molecular formula is C18H15IN6. The number of rotatable bonds is 4. The Balaban J connectivity index is 1.89. The van der Waals surface area contributed by atoms with Crippen LogP contribution in [0.25, 0.3) is 22.3 Å². The Hall–Kier alpha value is -2.55. The van der Waals surface area contributed by atoms with Crippen molar-refractivity contribution < 1.29 is 0 Å². The summed E-state index contributed by atoms with van der Waals surface area (Å²) in [5.41, 5.74) is 3.13. The highest BCUT2D eigenvalue weighted by Gasteiger charge is 2.13. The number of nitrogens with zero attached hydrogens (tertiary/aromatic N) is 4. The molecule has 0 unspecified atom stereocenters. The SMILES string of the molecule is Cc1nc(Nc2nc(-c3ccccc3CI)nc3ccccc23)n[nH]1. The summed E-state index contributed by atoms with van der Waals surface area (Å²) in [6, 6.07) is 16.1. The molecule has 25 heavy (non-hydrogen) atoms. The zero-order chi connectivity index (χ0) is 17.2. The normalized spacial score (nSPS) is 11.0. The van der Waals surface area contributed by atoms with Gasteiger partial charge in [-0.2, -0.15) is 4.98 Å². The maximum atomic E-state index is 4.76. The molecule has 0 saturated heterocycles. The molecule has 2 aromatic carbocycles. The van der Waals surface area contributed by atoms with E-state index < -0.39 is 0 Å². The van der Waals surface area contributed by atoms with Crippen molar-refractivity contribution in [3.63, 3.8) is 0 Å². The number of aromatic amines is 1. The van der Waals surface area contributed by atoms with E-state index >= 15 is 0 Å². The van der Waals surface area contributed by atoms with Crippen molar-refractivity contribution in [3.8, 4) is 11.4 Å². The summed E-state index contributed by atoms with van der Waals surface area (Å²) in [5.74, 6) is 2.63. The van der Waals surface area contributed by atoms with E-state index in [9.17, 15) is 0 Å². The minimum absolute atomic E-state index is 0.495. The van der Waals surface area contributed by atoms with Crippen LogP contribution in [-0.4, -0.2) is 25.1 Å². The molecule has 6 nitrogen and oxygen atoms in total. The second kappa shape index (κ2) is 6.75. The van der Waals surface area contributed by atoms with Gasteiger partial charge in [0, 0.05) is 15.4 Å². The largest absolute Gasteiger partial charge is 0.307 e. The molecule has 0 aliphatic heterocycles. The molecule has 4 rings (SSSR count). The van der Waals surface area contributed by atoms with Crippen LogP contribution in [0.1, 0.15) is 11.4 Å². The number of anilines is 2. The lowest BCUT2D eigenvalue weighted by Crippen LogP contribution is -2.01. The number of hydrogen-bond donors (Lipinski definition) is 2. The van der Waals surface area contributed by atoms with Crippen LogP contribution in [0.3, 0.4) is 0 Å². The lowest BCUT2D eigenvalue weighted by Gasteiger charge is -2.11. The van der Waals surface area contributed by atoms with Crippen LogP contribution in [0.15, 0.2) is 48.5 Å². The van der Waals surface area contributed by atoms with Gasteiger partial charge in [-0.25, -0.2) is 9.97 Å². The number of benzene rings is 2. The minimum Gasteiger partial charge on any atom is -0.307 e. The van der Waals surface area contributed by atoms with E-state index in [2.05, 4.69) is 55.2 Å². The molecule has 0 spiro atoms. The van der Waals surface area contributed by atoms with Gasteiger partial charge in [-0.1, -0.05) is 59.0 Å². The Morgan fingerprint density at radius 3 is 2.60 bits per heavy atom. The van der Waals surface area contributed by atoms with Crippen LogP contribution < -0.4 is 5.32 Å². The Morgan fingerprint density at radius 1 is 1.00 bits per heavy atom. The summed E-state index contributed by atoms with van der Waals surface area (Å²) < 4.78 is 0.896. The first-order valence-electron chi connectivity index (χ1n) is 7.81. The standard InChI is InChI=1S/C18H15IN6/c1-11-20-18(25-24-11)23-17-14-8-4-5-9-15(14)21-16(22-17)13-7-3-2-6-12(13)10-19/h2-9H,10H2,1H3,(H2,20,21,22,23,24,25). The fourth-order valence-electron chi connectivity index (χ4n) is 2.65. The van der Waals surface area contributed by atoms with Crippen LogP contribution in [0.4, 0.5) is 11.8 Å². The molecule has 0 bridgehead atoms. The van der Waals surface area contributed by atoms with Crippen LogP contribution in [-0.2, 0) is 4.43 Å². The highest BCUT2D eigenvalue weighted by atomic mass is 127. The second-order valence-corrected chi connectivity index (χ2v) is 6.34. The van der Waals surface area contributed by atoms with Crippen molar-refractivity contribution in [1.29, 1.82) is 0 Å². The number of halogens is 1. The van der Waals surface area contributed by atoms with Crippen LogP contribution >= 0.6 is 22.6 Å². The number of aromatic nitrogens is 5. The van der Waals surface area contributed by atoms with Gasteiger partial charge in [0.1, 0.15) is 11.6 Å². The van der Waals surface area contributed by atoms with Crippen molar-refractivity contribution in [2.24, 2.45) is 0 Å². The molecule has 0 aliphatic carbocycles. The van der Waals surface area contributed by atoms with E-state index in [1.807, 2.05) is 43.3 Å². The third-order valence-corrected chi connectivity index (χ3v) is 4.65. The first-order valence-corrected chi connectivity index (χ1v) is 9.34. The predicted octanol–water partition coefficient (Wildman–Crippen LogP) is 4.40. The van der Waals surface area contributed by atoms with E-state index in [0.717, 1.165) is 26.7 Å². The van der Waals surface area contributed by atoms with Gasteiger partial charge in [0.05, 0.1) is 5.52 Å². The molecule has 0 amide bonds. The highest BCUT2D eigenvalue weighted by molar-refractivity contribution is 14.1. The molecule has 0 saturated carbocycles. The predicted molar refractivity (Wildman–Crippen MR) is 107 cm³/mol. The van der Waals surface area contributed by atoms with Crippen molar-refractivity contribution in [3.05, 3.63) is 59.9 Å². The molecule has 0 aliphatic rings. The zero-order valence-electron chi connectivity index (χ0n) is 13.5. The van der Waals surface area contributed by atoms with Gasteiger partial charge in [0.15, 0.2) is 5.82 Å². The smallest absolute Gasteiger partial charge is 0.247 e. The average molecular weight is 442 g/mol. The van der Waals surface area contributed by atoms with Gasteiger partial charge in [0.2, 0.25) is 5.95 Å². The first-order chi connectivity index (χ1) is 12.2. The quantitative estimate of drug-likeness (QED) is 0.362. The Bertz CT molecular complexity index is 1040. The summed E-state index contributed by atoms with van der Waals surface area (Å²) in [5, 5.41) is 11.1. The molecule has 0 radical (unpaired) electrons. The maximum absolute atomic E-state index is 4.76. The van der Waals surface area contributed by atoms with Crippen LogP contribution in [0.2, 0.25) is 0 Å². The van der Waals surface area contributed by atoms with E-state index in [1.165, 1.54) is 5.56 Å². The van der Waals surface area contributed by atoms with Crippen molar-refractivity contribution in [2.75, 3.05) is 5.32 Å². The van der Waals surface area contributed by atoms with E-state index in [4.69, 9.17) is 9.97 Å². The number of H-pyrrole nitrogens is 1. The zero-order valence-corrected chi connectivity index (χ0v) is 15.7. The average Bonchev–Trinajstić information content (AvgIpc) is 3.06. The molecule has 0 fully saturated rings. The summed E-state index contributed by atoms with van der Waals surface area (Å²) in [6.07, 6.45) is 0. The summed E-state index contributed by atoms with van der Waals surface area (Å²) in [6.45, 7) is 1.86. The van der Waals surface area contributed by atoms with E-state index in [0.29, 0.717) is 17.6 Å². The summed E-state index contributed by atoms with van der Waals surface area (Å²) in [4.78, 5) is 13.8. The first kappa shape index (κ1) is 15.9. The van der Waals surface area contributed by atoms with Crippen molar-refractivity contribution in [2.45, 2.75) is 11.4 Å². The topological polar surface area (TPSA) is 79.4 Å². The summed E-state index contributed by atoms with van der Waals surface area (Å²) >= 11 is 2.36. The van der Waals surface area contributed by atoms with Gasteiger partial charge in [-0.3, -0.25) is 5.10 Å². The molecule has 2 heterocycles. The summed E-state index contributed by atoms with van der Waals surface area (Å²) in [7, 11) is 0. The highest BCUT2D eigenvalue weighted by Crippen LogP contribution is 2.28. The third kappa shape index (κ3) is 3.19. The molecule has 2 aromatic heterocycles. The molecule has 124 valence electrons. The van der Waals surface area contributed by atoms with Crippen LogP contribution in [0, 0.1) is 6.92 Å². The van der Waals surface area contributed by atoms with Gasteiger partial charge in [0.25, 0.3) is 0 Å². The maximum Gasteiger partial charge on any atom is 0.247 e. The van der Waals surface area contributed by atoms with E-state index in [-0.39, 0.29) is 0 Å².